The van der Waals surface area contributed by atoms with Crippen LogP contribution in [0.1, 0.15) is 29.2 Å². The van der Waals surface area contributed by atoms with Crippen LogP contribution in [-0.4, -0.2) is 29.3 Å². The maximum absolute atomic E-state index is 13.2. The van der Waals surface area contributed by atoms with Crippen molar-refractivity contribution in [2.75, 3.05) is 23.4 Å². The van der Waals surface area contributed by atoms with E-state index in [4.69, 9.17) is 33.3 Å². The van der Waals surface area contributed by atoms with Crippen molar-refractivity contribution in [1.29, 1.82) is 0 Å². The first-order valence-corrected chi connectivity index (χ1v) is 13.6. The summed E-state index contributed by atoms with van der Waals surface area (Å²) in [4.78, 5) is 27.6. The van der Waals surface area contributed by atoms with Crippen molar-refractivity contribution in [2.24, 2.45) is 0 Å². The molecular weight excluding hydrogens is 540 g/mol. The summed E-state index contributed by atoms with van der Waals surface area (Å²) in [6.45, 7) is 7.95. The molecule has 1 saturated heterocycles. The fraction of sp³-hybridized carbons (Fsp3) is 0.207. The largest absolute Gasteiger partial charge is 0.490 e. The quantitative estimate of drug-likeness (QED) is 0.232. The smallest absolute Gasteiger partial charge is 0.270 e. The van der Waals surface area contributed by atoms with Gasteiger partial charge in [-0.15, -0.1) is 0 Å². The number of thiocarbonyl (C=S) groups is 1. The first kappa shape index (κ1) is 27.7. The normalized spacial score (nSPS) is 14.2. The number of amides is 2. The summed E-state index contributed by atoms with van der Waals surface area (Å²) >= 11 is 13.0. The molecule has 2 amide bonds. The number of hydrogen-bond donors (Lipinski definition) is 1. The highest BCUT2D eigenvalue weighted by molar-refractivity contribution is 8.27. The molecule has 1 heterocycles. The van der Waals surface area contributed by atoms with Gasteiger partial charge in [0.1, 0.15) is 0 Å². The maximum Gasteiger partial charge on any atom is 0.270 e. The van der Waals surface area contributed by atoms with Crippen molar-refractivity contribution in [1.82, 2.24) is 0 Å². The van der Waals surface area contributed by atoms with Gasteiger partial charge in [0.2, 0.25) is 0 Å². The van der Waals surface area contributed by atoms with Crippen molar-refractivity contribution in [3.8, 4) is 11.5 Å². The third-order valence-corrected chi connectivity index (χ3v) is 7.35. The number of benzene rings is 3. The van der Waals surface area contributed by atoms with Crippen LogP contribution in [0.2, 0.25) is 5.02 Å². The number of hydrogen-bond acceptors (Lipinski definition) is 6. The summed E-state index contributed by atoms with van der Waals surface area (Å²) < 4.78 is 12.0. The fourth-order valence-electron chi connectivity index (χ4n) is 3.95. The Kier molecular flexibility index (Phi) is 8.76. The summed E-state index contributed by atoms with van der Waals surface area (Å²) in [6.07, 6.45) is 1.76. The van der Waals surface area contributed by atoms with Crippen LogP contribution in [-0.2, 0) is 9.59 Å². The number of halogens is 1. The summed E-state index contributed by atoms with van der Waals surface area (Å²) in [5.41, 5.74) is 5.14. The van der Waals surface area contributed by atoms with Gasteiger partial charge in [-0.1, -0.05) is 53.8 Å². The van der Waals surface area contributed by atoms with E-state index >= 15 is 0 Å². The highest BCUT2D eigenvalue weighted by atomic mass is 35.5. The van der Waals surface area contributed by atoms with Gasteiger partial charge in [-0.3, -0.25) is 14.5 Å². The lowest BCUT2D eigenvalue weighted by molar-refractivity contribution is -0.118. The van der Waals surface area contributed by atoms with E-state index in [1.54, 1.807) is 30.3 Å². The molecule has 9 heteroatoms. The van der Waals surface area contributed by atoms with E-state index in [0.717, 1.165) is 27.9 Å². The molecule has 0 spiro atoms. The number of ether oxygens (including phenoxy) is 2. The number of nitrogens with one attached hydrogen (secondary N) is 1. The average Bonchev–Trinajstić information content (AvgIpc) is 3.12. The zero-order valence-corrected chi connectivity index (χ0v) is 23.9. The Morgan fingerprint density at radius 2 is 1.76 bits per heavy atom. The van der Waals surface area contributed by atoms with Crippen LogP contribution in [0.5, 0.6) is 11.5 Å². The van der Waals surface area contributed by atoms with Gasteiger partial charge in [-0.25, -0.2) is 0 Å². The van der Waals surface area contributed by atoms with Crippen molar-refractivity contribution in [2.45, 2.75) is 27.7 Å². The minimum atomic E-state index is -0.276. The SMILES string of the molecule is CCOc1cc(/C=C2\SC(=S)N(c3ccc(C)c(Cl)c3)C2=O)ccc1OCC(=O)Nc1cc(C)cc(C)c1. The van der Waals surface area contributed by atoms with Crippen LogP contribution in [0.4, 0.5) is 11.4 Å². The maximum atomic E-state index is 13.2. The number of aryl methyl sites for hydroxylation is 3. The molecule has 6 nitrogen and oxygen atoms in total. The predicted octanol–water partition coefficient (Wildman–Crippen LogP) is 7.09. The van der Waals surface area contributed by atoms with Crippen LogP contribution in [0, 0.1) is 20.8 Å². The molecule has 38 heavy (non-hydrogen) atoms. The van der Waals surface area contributed by atoms with Gasteiger partial charge in [0.25, 0.3) is 11.8 Å². The molecule has 0 atom stereocenters. The molecular formula is C29H27ClN2O4S2. The fourth-order valence-corrected chi connectivity index (χ4v) is 5.43. The molecule has 0 aromatic heterocycles. The lowest BCUT2D eigenvalue weighted by Gasteiger charge is -2.15. The molecule has 1 aliphatic heterocycles. The minimum Gasteiger partial charge on any atom is -0.490 e. The molecule has 0 aliphatic carbocycles. The zero-order valence-electron chi connectivity index (χ0n) is 21.5. The average molecular weight is 567 g/mol. The molecule has 4 rings (SSSR count). The summed E-state index contributed by atoms with van der Waals surface area (Å²) in [5, 5.41) is 3.43. The molecule has 0 radical (unpaired) electrons. The van der Waals surface area contributed by atoms with Gasteiger partial charge in [-0.2, -0.15) is 0 Å². The van der Waals surface area contributed by atoms with Crippen LogP contribution in [0.15, 0.2) is 59.5 Å². The van der Waals surface area contributed by atoms with Gasteiger partial charge in [0.15, 0.2) is 22.4 Å². The van der Waals surface area contributed by atoms with E-state index in [2.05, 4.69) is 5.32 Å². The van der Waals surface area contributed by atoms with Crippen molar-refractivity contribution >= 4 is 69.2 Å². The molecule has 196 valence electrons. The Hall–Kier alpha value is -3.33. The van der Waals surface area contributed by atoms with Crippen molar-refractivity contribution in [3.63, 3.8) is 0 Å². The summed E-state index contributed by atoms with van der Waals surface area (Å²) in [7, 11) is 0. The lowest BCUT2D eigenvalue weighted by atomic mass is 10.1. The first-order valence-electron chi connectivity index (χ1n) is 12.0. The molecule has 0 unspecified atom stereocenters. The summed E-state index contributed by atoms with van der Waals surface area (Å²) in [6, 6.07) is 16.6. The third kappa shape index (κ3) is 6.56. The van der Waals surface area contributed by atoms with Crippen LogP contribution in [0.3, 0.4) is 0 Å². The molecule has 1 N–H and O–H groups in total. The number of anilines is 2. The van der Waals surface area contributed by atoms with E-state index in [0.29, 0.717) is 38.0 Å². The van der Waals surface area contributed by atoms with Gasteiger partial charge < -0.3 is 14.8 Å². The molecule has 0 bridgehead atoms. The molecule has 1 aliphatic rings. The van der Waals surface area contributed by atoms with Crippen LogP contribution in [0.25, 0.3) is 6.08 Å². The second-order valence-corrected chi connectivity index (χ2v) is 10.9. The predicted molar refractivity (Wildman–Crippen MR) is 159 cm³/mol. The number of carbonyl (C=O) groups excluding carboxylic acids is 2. The van der Waals surface area contributed by atoms with E-state index in [1.807, 2.05) is 58.0 Å². The number of carbonyl (C=O) groups is 2. The standard InChI is InChI=1S/C29H27ClN2O4S2/c1-5-35-25-13-20(7-9-24(25)36-16-27(33)31-21-11-17(2)10-18(3)12-21)14-26-28(34)32(29(37)38-26)22-8-6-19(4)23(30)15-22/h6-15H,5,16H2,1-4H3,(H,31,33)/b26-14-. The second-order valence-electron chi connectivity index (χ2n) is 8.80. The highest BCUT2D eigenvalue weighted by Gasteiger charge is 2.33. The Morgan fingerprint density at radius 3 is 2.45 bits per heavy atom. The molecule has 1 fully saturated rings. The molecule has 3 aromatic carbocycles. The van der Waals surface area contributed by atoms with Crippen LogP contribution < -0.4 is 19.7 Å². The van der Waals surface area contributed by atoms with E-state index in [1.165, 1.54) is 16.7 Å². The van der Waals surface area contributed by atoms with Crippen molar-refractivity contribution in [3.05, 3.63) is 86.8 Å². The zero-order chi connectivity index (χ0) is 27.4. The van der Waals surface area contributed by atoms with E-state index in [-0.39, 0.29) is 18.4 Å². The second kappa shape index (κ2) is 12.0. The van der Waals surface area contributed by atoms with Gasteiger partial charge in [-0.05, 0) is 92.4 Å². The number of nitrogens with zero attached hydrogens (tertiary/aromatic N) is 1. The Morgan fingerprint density at radius 1 is 1.03 bits per heavy atom. The molecule has 3 aromatic rings. The monoisotopic (exact) mass is 566 g/mol. The molecule has 0 saturated carbocycles. The first-order chi connectivity index (χ1) is 18.1. The highest BCUT2D eigenvalue weighted by Crippen LogP contribution is 2.38. The number of thioether (sulfide) groups is 1. The summed E-state index contributed by atoms with van der Waals surface area (Å²) in [5.74, 6) is 0.408. The van der Waals surface area contributed by atoms with Gasteiger partial charge >= 0.3 is 0 Å². The Bertz CT molecular complexity index is 1430. The third-order valence-electron chi connectivity index (χ3n) is 5.64. The minimum absolute atomic E-state index is 0.176. The van der Waals surface area contributed by atoms with E-state index < -0.39 is 0 Å². The van der Waals surface area contributed by atoms with Gasteiger partial charge in [0.05, 0.1) is 17.2 Å². The lowest BCUT2D eigenvalue weighted by Crippen LogP contribution is -2.27. The number of rotatable bonds is 8. The van der Waals surface area contributed by atoms with Crippen LogP contribution >= 0.6 is 35.6 Å². The van der Waals surface area contributed by atoms with Gasteiger partial charge in [0, 0.05) is 10.7 Å². The topological polar surface area (TPSA) is 67.9 Å². The van der Waals surface area contributed by atoms with Crippen molar-refractivity contribution < 1.29 is 19.1 Å². The Balaban J connectivity index is 1.48. The Labute approximate surface area is 237 Å². The van der Waals surface area contributed by atoms with E-state index in [9.17, 15) is 9.59 Å².